The van der Waals surface area contributed by atoms with E-state index in [0.717, 1.165) is 17.7 Å². The summed E-state index contributed by atoms with van der Waals surface area (Å²) in [4.78, 5) is 0. The second-order valence-electron chi connectivity index (χ2n) is 4.42. The van der Waals surface area contributed by atoms with Gasteiger partial charge in [-0.3, -0.25) is 0 Å². The van der Waals surface area contributed by atoms with E-state index in [9.17, 15) is 13.9 Å². The Hall–Kier alpha value is -1.84. The van der Waals surface area contributed by atoms with Gasteiger partial charge < -0.3 is 10.4 Å². The van der Waals surface area contributed by atoms with E-state index in [1.807, 2.05) is 6.92 Å². The Morgan fingerprint density at radius 1 is 1.24 bits per heavy atom. The van der Waals surface area contributed by atoms with Crippen LogP contribution >= 0.6 is 0 Å². The van der Waals surface area contributed by atoms with E-state index >= 15 is 0 Å². The molecule has 0 amide bonds. The molecule has 88 valence electrons. The Balaban J connectivity index is 2.54. The third-order valence-corrected chi connectivity index (χ3v) is 3.29. The van der Waals surface area contributed by atoms with Gasteiger partial charge >= 0.3 is 0 Å². The van der Waals surface area contributed by atoms with Crippen LogP contribution in [0.1, 0.15) is 18.4 Å². The van der Waals surface area contributed by atoms with Crippen LogP contribution in [-0.4, -0.2) is 11.7 Å². The maximum absolute atomic E-state index is 13.9. The van der Waals surface area contributed by atoms with Crippen LogP contribution in [0.2, 0.25) is 0 Å². The highest BCUT2D eigenvalue weighted by molar-refractivity contribution is 5.97. The van der Waals surface area contributed by atoms with Crippen molar-refractivity contribution in [1.29, 1.82) is 0 Å². The van der Waals surface area contributed by atoms with Gasteiger partial charge in [0.1, 0.15) is 17.4 Å². The molecule has 0 radical (unpaired) electrons. The summed E-state index contributed by atoms with van der Waals surface area (Å²) < 4.78 is 27.5. The number of aromatic hydroxyl groups is 1. The Kier molecular flexibility index (Phi) is 2.02. The number of phenols is 1. The number of hydrogen-bond acceptors (Lipinski definition) is 2. The van der Waals surface area contributed by atoms with E-state index in [4.69, 9.17) is 0 Å². The number of phenolic OH excluding ortho intramolecular Hbond substituents is 1. The van der Waals surface area contributed by atoms with Gasteiger partial charge in [0, 0.05) is 29.6 Å². The first kappa shape index (κ1) is 10.3. The van der Waals surface area contributed by atoms with E-state index < -0.39 is 11.6 Å². The van der Waals surface area contributed by atoms with E-state index in [1.54, 1.807) is 0 Å². The smallest absolute Gasteiger partial charge is 0.134 e. The first-order valence-corrected chi connectivity index (χ1v) is 5.47. The average molecular weight is 235 g/mol. The van der Waals surface area contributed by atoms with Gasteiger partial charge in [-0.2, -0.15) is 0 Å². The molecule has 0 fully saturated rings. The van der Waals surface area contributed by atoms with E-state index in [2.05, 4.69) is 5.32 Å². The minimum absolute atomic E-state index is 0.0284. The van der Waals surface area contributed by atoms with Gasteiger partial charge in [-0.1, -0.05) is 6.92 Å². The van der Waals surface area contributed by atoms with Crippen molar-refractivity contribution in [3.63, 3.8) is 0 Å². The fourth-order valence-corrected chi connectivity index (χ4v) is 2.51. The molecule has 0 aliphatic carbocycles. The highest BCUT2D eigenvalue weighted by atomic mass is 19.1. The number of halogens is 2. The fourth-order valence-electron chi connectivity index (χ4n) is 2.51. The zero-order valence-corrected chi connectivity index (χ0v) is 9.22. The molecule has 1 aliphatic rings. The van der Waals surface area contributed by atoms with Crippen molar-refractivity contribution in [1.82, 2.24) is 0 Å². The van der Waals surface area contributed by atoms with Gasteiger partial charge in [0.05, 0.1) is 5.39 Å². The zero-order valence-electron chi connectivity index (χ0n) is 9.22. The maximum Gasteiger partial charge on any atom is 0.134 e. The second kappa shape index (κ2) is 3.32. The Morgan fingerprint density at radius 3 is 2.59 bits per heavy atom. The predicted molar refractivity (Wildman–Crippen MR) is 62.4 cm³/mol. The summed E-state index contributed by atoms with van der Waals surface area (Å²) in [7, 11) is 0. The Labute approximate surface area is 96.9 Å². The molecule has 2 aromatic carbocycles. The molecule has 0 spiro atoms. The van der Waals surface area contributed by atoms with Crippen LogP contribution in [0.3, 0.4) is 0 Å². The van der Waals surface area contributed by atoms with E-state index in [1.165, 1.54) is 6.07 Å². The number of fused-ring (bicyclic) bond motifs is 3. The molecule has 1 unspecified atom stereocenters. The molecule has 17 heavy (non-hydrogen) atoms. The number of anilines is 1. The van der Waals surface area contributed by atoms with Crippen LogP contribution in [0.4, 0.5) is 14.5 Å². The summed E-state index contributed by atoms with van der Waals surface area (Å²) >= 11 is 0. The molecular weight excluding hydrogens is 224 g/mol. The Bertz CT molecular complexity index is 625. The average Bonchev–Trinajstić information content (AvgIpc) is 2.64. The molecular formula is C13H11F2NO. The molecule has 0 saturated carbocycles. The van der Waals surface area contributed by atoms with Crippen LogP contribution in [0.5, 0.6) is 5.75 Å². The highest BCUT2D eigenvalue weighted by Gasteiger charge is 2.25. The summed E-state index contributed by atoms with van der Waals surface area (Å²) in [5.41, 5.74) is 1.43. The number of rotatable bonds is 0. The van der Waals surface area contributed by atoms with Gasteiger partial charge in [0.25, 0.3) is 0 Å². The quantitative estimate of drug-likeness (QED) is 0.733. The minimum atomic E-state index is -0.596. The number of hydrogen-bond donors (Lipinski definition) is 2. The minimum Gasteiger partial charge on any atom is -0.507 e. The maximum atomic E-state index is 13.9. The Morgan fingerprint density at radius 2 is 1.88 bits per heavy atom. The summed E-state index contributed by atoms with van der Waals surface area (Å²) in [5.74, 6) is -1.22. The zero-order chi connectivity index (χ0) is 12.2. The topological polar surface area (TPSA) is 32.3 Å². The third-order valence-electron chi connectivity index (χ3n) is 3.29. The molecule has 2 aromatic rings. The normalized spacial score (nSPS) is 18.2. The summed E-state index contributed by atoms with van der Waals surface area (Å²) in [6.45, 7) is 2.61. The van der Waals surface area contributed by atoms with Crippen LogP contribution in [0.15, 0.2) is 18.2 Å². The van der Waals surface area contributed by atoms with Crippen molar-refractivity contribution in [2.45, 2.75) is 12.8 Å². The van der Waals surface area contributed by atoms with Crippen molar-refractivity contribution in [3.05, 3.63) is 35.4 Å². The third kappa shape index (κ3) is 1.30. The van der Waals surface area contributed by atoms with E-state index in [-0.39, 0.29) is 22.4 Å². The lowest BCUT2D eigenvalue weighted by molar-refractivity contribution is 0.478. The fraction of sp³-hybridized carbons (Fsp3) is 0.231. The van der Waals surface area contributed by atoms with Crippen LogP contribution in [-0.2, 0) is 0 Å². The summed E-state index contributed by atoms with van der Waals surface area (Å²) in [5, 5.41) is 13.0. The molecule has 0 bridgehead atoms. The molecule has 4 heteroatoms. The van der Waals surface area contributed by atoms with Crippen molar-refractivity contribution >= 4 is 16.5 Å². The van der Waals surface area contributed by atoms with Crippen molar-refractivity contribution < 1.29 is 13.9 Å². The molecule has 2 N–H and O–H groups in total. The molecule has 1 aliphatic heterocycles. The van der Waals surface area contributed by atoms with Crippen molar-refractivity contribution in [2.75, 3.05) is 11.9 Å². The molecule has 1 atom stereocenters. The molecule has 0 saturated heterocycles. The van der Waals surface area contributed by atoms with Gasteiger partial charge in [-0.25, -0.2) is 8.78 Å². The second-order valence-corrected chi connectivity index (χ2v) is 4.42. The SMILES string of the molecule is CC1CNc2cc(O)c3c(F)ccc(F)c3c21. The first-order chi connectivity index (χ1) is 8.09. The summed E-state index contributed by atoms with van der Waals surface area (Å²) in [6.07, 6.45) is 0. The molecule has 3 rings (SSSR count). The lowest BCUT2D eigenvalue weighted by Crippen LogP contribution is -1.97. The molecule has 1 heterocycles. The van der Waals surface area contributed by atoms with Gasteiger partial charge in [0.15, 0.2) is 0 Å². The monoisotopic (exact) mass is 235 g/mol. The first-order valence-electron chi connectivity index (χ1n) is 5.47. The lowest BCUT2D eigenvalue weighted by Gasteiger charge is -2.11. The molecule has 0 aromatic heterocycles. The molecule has 2 nitrogen and oxygen atoms in total. The van der Waals surface area contributed by atoms with Crippen molar-refractivity contribution in [3.8, 4) is 5.75 Å². The predicted octanol–water partition coefficient (Wildman–Crippen LogP) is 3.35. The van der Waals surface area contributed by atoms with Crippen LogP contribution in [0, 0.1) is 11.6 Å². The number of nitrogens with one attached hydrogen (secondary N) is 1. The standard InChI is InChI=1S/C13H11F2NO/c1-6-5-16-9-4-10(17)12-7(14)2-3-8(15)13(12)11(6)9/h2-4,6,16-17H,5H2,1H3. The number of benzene rings is 2. The lowest BCUT2D eigenvalue weighted by atomic mass is 9.95. The largest absolute Gasteiger partial charge is 0.507 e. The van der Waals surface area contributed by atoms with Gasteiger partial charge in [-0.05, 0) is 17.7 Å². The highest BCUT2D eigenvalue weighted by Crippen LogP contribution is 2.43. The van der Waals surface area contributed by atoms with Crippen LogP contribution < -0.4 is 5.32 Å². The van der Waals surface area contributed by atoms with Gasteiger partial charge in [0.2, 0.25) is 0 Å². The van der Waals surface area contributed by atoms with E-state index in [0.29, 0.717) is 12.2 Å². The summed E-state index contributed by atoms with van der Waals surface area (Å²) in [6, 6.07) is 3.60. The van der Waals surface area contributed by atoms with Gasteiger partial charge in [-0.15, -0.1) is 0 Å². The van der Waals surface area contributed by atoms with Crippen molar-refractivity contribution in [2.24, 2.45) is 0 Å². The van der Waals surface area contributed by atoms with Crippen LogP contribution in [0.25, 0.3) is 10.8 Å².